The molecule has 26 heavy (non-hydrogen) atoms. The number of nitrogens with two attached hydrogens (primary N) is 1. The number of carboxylic acid groups (broad SMARTS) is 1. The van der Waals surface area contributed by atoms with Crippen molar-refractivity contribution in [2.75, 3.05) is 26.0 Å². The molecule has 0 saturated carbocycles. The molecule has 140 valence electrons. The van der Waals surface area contributed by atoms with Gasteiger partial charge in [-0.25, -0.2) is 4.79 Å². The van der Waals surface area contributed by atoms with Crippen LogP contribution in [0.5, 0.6) is 0 Å². The van der Waals surface area contributed by atoms with Crippen LogP contribution in [0, 0.1) is 5.41 Å². The Morgan fingerprint density at radius 3 is 2.31 bits per heavy atom. The summed E-state index contributed by atoms with van der Waals surface area (Å²) in [6.45, 7) is 6.30. The van der Waals surface area contributed by atoms with E-state index in [0.717, 1.165) is 10.8 Å². The van der Waals surface area contributed by atoms with Gasteiger partial charge in [0.15, 0.2) is 6.04 Å². The van der Waals surface area contributed by atoms with Crippen molar-refractivity contribution in [2.24, 2.45) is 5.41 Å². The Kier molecular flexibility index (Phi) is 5.87. The zero-order valence-corrected chi connectivity index (χ0v) is 15.7. The highest BCUT2D eigenvalue weighted by molar-refractivity contribution is 6.04. The Morgan fingerprint density at radius 1 is 1.19 bits per heavy atom. The minimum atomic E-state index is -1.12. The zero-order valence-electron chi connectivity index (χ0n) is 15.7. The Hall–Kier alpha value is -2.60. The third kappa shape index (κ3) is 4.73. The van der Waals surface area contributed by atoms with E-state index in [-0.39, 0.29) is 17.6 Å². The fourth-order valence-electron chi connectivity index (χ4n) is 2.60. The molecule has 1 amide bonds. The number of carbonyl (C=O) groups is 2. The van der Waals surface area contributed by atoms with Crippen molar-refractivity contribution in [2.45, 2.75) is 26.8 Å². The fraction of sp³-hybridized carbons (Fsp3) is 0.400. The average molecular weight is 358 g/mol. The molecule has 0 spiro atoms. The van der Waals surface area contributed by atoms with Crippen LogP contribution in [-0.2, 0) is 9.53 Å². The van der Waals surface area contributed by atoms with E-state index < -0.39 is 17.9 Å². The molecule has 0 heterocycles. The van der Waals surface area contributed by atoms with Gasteiger partial charge in [0, 0.05) is 12.7 Å². The number of fused-ring (bicyclic) bond motifs is 1. The fourth-order valence-corrected chi connectivity index (χ4v) is 2.60. The van der Waals surface area contributed by atoms with Crippen LogP contribution in [0.15, 0.2) is 36.4 Å². The first-order chi connectivity index (χ1) is 12.1. The first-order valence-corrected chi connectivity index (χ1v) is 8.46. The maximum atomic E-state index is 12.8. The molecule has 2 aromatic carbocycles. The Morgan fingerprint density at radius 2 is 1.77 bits per heavy atom. The van der Waals surface area contributed by atoms with Gasteiger partial charge in [0.2, 0.25) is 0 Å². The molecule has 0 aromatic heterocycles. The smallest absolute Gasteiger partial charge is 0.328 e. The molecule has 0 bridgehead atoms. The molecular weight excluding hydrogens is 332 g/mol. The van der Waals surface area contributed by atoms with Crippen molar-refractivity contribution >= 4 is 28.3 Å². The van der Waals surface area contributed by atoms with Gasteiger partial charge >= 0.3 is 5.97 Å². The van der Waals surface area contributed by atoms with Gasteiger partial charge in [-0.15, -0.1) is 0 Å². The number of benzene rings is 2. The van der Waals surface area contributed by atoms with Crippen LogP contribution >= 0.6 is 0 Å². The molecule has 2 aromatic rings. The van der Waals surface area contributed by atoms with E-state index >= 15 is 0 Å². The number of rotatable bonds is 6. The number of ether oxygens (including phenoxy) is 1. The molecule has 6 heteroatoms. The quantitative estimate of drug-likeness (QED) is 0.774. The first kappa shape index (κ1) is 19.7. The predicted molar refractivity (Wildman–Crippen MR) is 102 cm³/mol. The highest BCUT2D eigenvalue weighted by Crippen LogP contribution is 2.23. The minimum Gasteiger partial charge on any atom is -0.480 e. The zero-order chi connectivity index (χ0) is 19.5. The summed E-state index contributed by atoms with van der Waals surface area (Å²) in [5.74, 6) is -1.56. The van der Waals surface area contributed by atoms with Crippen molar-refractivity contribution in [1.82, 2.24) is 4.90 Å². The van der Waals surface area contributed by atoms with Gasteiger partial charge in [0.25, 0.3) is 5.91 Å². The number of hydrogen-bond acceptors (Lipinski definition) is 4. The van der Waals surface area contributed by atoms with Gasteiger partial charge in [0.1, 0.15) is 0 Å². The monoisotopic (exact) mass is 358 g/mol. The van der Waals surface area contributed by atoms with E-state index in [1.54, 1.807) is 12.1 Å². The molecule has 0 aliphatic carbocycles. The van der Waals surface area contributed by atoms with Gasteiger partial charge < -0.3 is 20.5 Å². The van der Waals surface area contributed by atoms with Gasteiger partial charge in [-0.3, -0.25) is 4.79 Å². The first-order valence-electron chi connectivity index (χ1n) is 8.46. The SMILES string of the molecule is CN(C(=O)c1cc2ccccc2cc1N)C(COCC(C)(C)C)C(=O)O. The van der Waals surface area contributed by atoms with Crippen LogP contribution in [0.3, 0.4) is 0 Å². The molecule has 2 rings (SSSR count). The Balaban J connectivity index is 2.22. The van der Waals surface area contributed by atoms with Crippen molar-refractivity contribution in [1.29, 1.82) is 0 Å². The lowest BCUT2D eigenvalue weighted by molar-refractivity contribution is -0.144. The van der Waals surface area contributed by atoms with Crippen molar-refractivity contribution < 1.29 is 19.4 Å². The van der Waals surface area contributed by atoms with Crippen LogP contribution in [0.4, 0.5) is 5.69 Å². The number of nitrogen functional groups attached to an aromatic ring is 1. The van der Waals surface area contributed by atoms with Crippen LogP contribution < -0.4 is 5.73 Å². The van der Waals surface area contributed by atoms with Crippen LogP contribution in [0.1, 0.15) is 31.1 Å². The van der Waals surface area contributed by atoms with Gasteiger partial charge in [-0.1, -0.05) is 45.0 Å². The maximum absolute atomic E-state index is 12.8. The molecule has 3 N–H and O–H groups in total. The molecule has 0 saturated heterocycles. The molecule has 0 fully saturated rings. The van der Waals surface area contributed by atoms with Crippen LogP contribution in [0.25, 0.3) is 10.8 Å². The summed E-state index contributed by atoms with van der Waals surface area (Å²) in [5, 5.41) is 11.3. The lowest BCUT2D eigenvalue weighted by Crippen LogP contribution is -2.46. The second-order valence-electron chi connectivity index (χ2n) is 7.63. The number of carboxylic acids is 1. The summed E-state index contributed by atoms with van der Waals surface area (Å²) in [6.07, 6.45) is 0. The topological polar surface area (TPSA) is 92.9 Å². The van der Waals surface area contributed by atoms with Crippen molar-refractivity contribution in [3.05, 3.63) is 42.0 Å². The molecule has 0 aliphatic rings. The van der Waals surface area contributed by atoms with Crippen LogP contribution in [-0.4, -0.2) is 48.2 Å². The minimum absolute atomic E-state index is 0.0810. The highest BCUT2D eigenvalue weighted by Gasteiger charge is 2.29. The largest absolute Gasteiger partial charge is 0.480 e. The number of nitrogens with zero attached hydrogens (tertiary/aromatic N) is 1. The van der Waals surface area contributed by atoms with E-state index in [1.165, 1.54) is 11.9 Å². The third-order valence-electron chi connectivity index (χ3n) is 4.03. The van der Waals surface area contributed by atoms with E-state index in [1.807, 2.05) is 45.0 Å². The lowest BCUT2D eigenvalue weighted by atomic mass is 9.99. The van der Waals surface area contributed by atoms with E-state index in [9.17, 15) is 14.7 Å². The second-order valence-corrected chi connectivity index (χ2v) is 7.63. The molecule has 0 radical (unpaired) electrons. The summed E-state index contributed by atoms with van der Waals surface area (Å²) in [5.41, 5.74) is 6.55. The van der Waals surface area contributed by atoms with E-state index in [4.69, 9.17) is 10.5 Å². The molecule has 6 nitrogen and oxygen atoms in total. The molecule has 0 aliphatic heterocycles. The van der Waals surface area contributed by atoms with Gasteiger partial charge in [-0.05, 0) is 28.3 Å². The van der Waals surface area contributed by atoms with Gasteiger partial charge in [-0.2, -0.15) is 0 Å². The normalized spacial score (nSPS) is 12.8. The van der Waals surface area contributed by atoms with Crippen LogP contribution in [0.2, 0.25) is 0 Å². The van der Waals surface area contributed by atoms with E-state index in [2.05, 4.69) is 0 Å². The lowest BCUT2D eigenvalue weighted by Gasteiger charge is -2.27. The summed E-state index contributed by atoms with van der Waals surface area (Å²) < 4.78 is 5.52. The van der Waals surface area contributed by atoms with E-state index in [0.29, 0.717) is 12.3 Å². The summed E-state index contributed by atoms with van der Waals surface area (Å²) in [7, 11) is 1.45. The molecule has 1 unspecified atom stereocenters. The number of likely N-dealkylation sites (N-methyl/N-ethyl adjacent to an activating group) is 1. The Labute approximate surface area is 153 Å². The predicted octanol–water partition coefficient (Wildman–Crippen LogP) is 3.01. The average Bonchev–Trinajstić information content (AvgIpc) is 2.55. The summed E-state index contributed by atoms with van der Waals surface area (Å²) >= 11 is 0. The van der Waals surface area contributed by atoms with Crippen molar-refractivity contribution in [3.8, 4) is 0 Å². The summed E-state index contributed by atoms with van der Waals surface area (Å²) in [4.78, 5) is 25.6. The summed E-state index contributed by atoms with van der Waals surface area (Å²) in [6, 6.07) is 9.88. The number of anilines is 1. The number of carbonyl (C=O) groups excluding carboxylic acids is 1. The second kappa shape index (κ2) is 7.74. The number of aliphatic carboxylic acids is 1. The number of amides is 1. The standard InChI is InChI=1S/C20H26N2O4/c1-20(2,3)12-26-11-17(19(24)25)22(4)18(23)15-9-13-7-5-6-8-14(13)10-16(15)21/h5-10,17H,11-12,21H2,1-4H3,(H,24,25). The highest BCUT2D eigenvalue weighted by atomic mass is 16.5. The molecular formula is C20H26N2O4. The number of hydrogen-bond donors (Lipinski definition) is 2. The Bertz CT molecular complexity index is 811. The third-order valence-corrected chi connectivity index (χ3v) is 4.03. The van der Waals surface area contributed by atoms with Crippen molar-refractivity contribution in [3.63, 3.8) is 0 Å². The molecule has 1 atom stereocenters. The maximum Gasteiger partial charge on any atom is 0.328 e. The van der Waals surface area contributed by atoms with Gasteiger partial charge in [0.05, 0.1) is 18.8 Å².